The molecule has 15 nitrogen and oxygen atoms in total. The topological polar surface area (TPSA) is 155 Å². The van der Waals surface area contributed by atoms with E-state index in [0.29, 0.717) is 98.2 Å². The number of ether oxygens (including phenoxy) is 6. The monoisotopic (exact) mass is 1100 g/mol. The first-order valence-electron chi connectivity index (χ1n) is 26.9. The molecular weight excluding hydrogens is 1020 g/mol. The first-order chi connectivity index (χ1) is 37.3. The number of rotatable bonds is 18. The van der Waals surface area contributed by atoms with Gasteiger partial charge in [-0.05, 0) is 72.8 Å². The van der Waals surface area contributed by atoms with Gasteiger partial charge in [-0.3, -0.25) is 9.59 Å². The van der Waals surface area contributed by atoms with E-state index in [2.05, 4.69) is 39.3 Å². The fourth-order valence-corrected chi connectivity index (χ4v) is 11.1. The maximum atomic E-state index is 16.5. The van der Waals surface area contributed by atoms with Crippen LogP contribution in [0.5, 0.6) is 23.0 Å². The maximum absolute atomic E-state index is 16.5. The zero-order valence-corrected chi connectivity index (χ0v) is 48.2. The van der Waals surface area contributed by atoms with Crippen molar-refractivity contribution in [1.29, 1.82) is 0 Å². The molecule has 2 aliphatic heterocycles. The highest BCUT2D eigenvalue weighted by atomic mass is 28.3. The molecule has 4 aromatic carbocycles. The highest BCUT2D eigenvalue weighted by Crippen LogP contribution is 2.45. The van der Waals surface area contributed by atoms with Gasteiger partial charge in [-0.15, -0.1) is 0 Å². The van der Waals surface area contributed by atoms with E-state index in [-0.39, 0.29) is 37.4 Å². The second-order valence-electron chi connectivity index (χ2n) is 22.8. The quantitative estimate of drug-likeness (QED) is 0.0645. The summed E-state index contributed by atoms with van der Waals surface area (Å²) in [5.41, 5.74) is 2.96. The number of nitrogens with zero attached hydrogens (tertiary/aromatic N) is 6. The lowest BCUT2D eigenvalue weighted by Crippen LogP contribution is -2.36. The second kappa shape index (κ2) is 23.8. The first-order valence-corrected chi connectivity index (χ1v) is 34.3. The number of fused-ring (bicyclic) bond motifs is 2. The van der Waals surface area contributed by atoms with Gasteiger partial charge in [0.25, 0.3) is 0 Å². The summed E-state index contributed by atoms with van der Waals surface area (Å²) >= 11 is 0. The van der Waals surface area contributed by atoms with E-state index in [1.54, 1.807) is 49.3 Å². The molecule has 2 aliphatic rings. The largest absolute Gasteiger partial charge is 0.454 e. The SMILES string of the molecule is Cn1cc(-c2ccc3c(nc(C4(F)CCOCC4)n3COCC[Si](C)(C)C)c2Oc2ccccc2)ccc1=O.Cn1cc(-c2ccc3c(nc(C4(O)CCOCC4)n3COCC[Si](C)(C)C)c2Oc2ccccc2)ccc1=O. The molecule has 6 heterocycles. The standard InChI is InChI=1S/C30H36FN3O4Si.C30H37N3O5Si/c1-33-20-22(10-13-26(33)35)24-11-12-25-27(28(24)38-23-8-6-5-7-9-23)32-29(30(31)14-16-36-17-15-30)34(25)21-37-18-19-39(2,3)4;1-32-20-22(10-13-26(32)34)24-11-12-25-27(28(24)38-23-8-6-5-7-9-23)31-29(30(35)14-16-36-17-15-30)33(25)21-37-18-19-39(2,3)4/h5-13,20H,14-19,21H2,1-4H3;5-13,20,35H,14-19,21H2,1-4H3. The first kappa shape index (κ1) is 56.2. The maximum Gasteiger partial charge on any atom is 0.250 e. The van der Waals surface area contributed by atoms with Crippen molar-refractivity contribution in [3.8, 4) is 45.3 Å². The minimum Gasteiger partial charge on any atom is -0.454 e. The molecule has 2 fully saturated rings. The second-order valence-corrected chi connectivity index (χ2v) is 34.1. The predicted octanol–water partition coefficient (Wildman–Crippen LogP) is 12.0. The number of aryl methyl sites for hydroxylation is 2. The number of benzene rings is 4. The highest BCUT2D eigenvalue weighted by molar-refractivity contribution is 6.76. The molecule has 78 heavy (non-hydrogen) atoms. The van der Waals surface area contributed by atoms with Crippen molar-refractivity contribution in [2.45, 2.75) is 102 Å². The van der Waals surface area contributed by atoms with Gasteiger partial charge in [0.1, 0.15) is 53.2 Å². The lowest BCUT2D eigenvalue weighted by Gasteiger charge is -2.31. The van der Waals surface area contributed by atoms with Gasteiger partial charge in [0.05, 0.1) is 24.2 Å². The Morgan fingerprint density at radius 1 is 0.564 bits per heavy atom. The van der Waals surface area contributed by atoms with Crippen molar-refractivity contribution < 1.29 is 37.9 Å². The zero-order chi connectivity index (χ0) is 55.2. The van der Waals surface area contributed by atoms with Crippen LogP contribution in [0.25, 0.3) is 44.3 Å². The molecule has 0 amide bonds. The number of alkyl halides is 1. The molecule has 1 N–H and O–H groups in total. The molecule has 2 saturated heterocycles. The number of aromatic nitrogens is 6. The third-order valence-electron chi connectivity index (χ3n) is 14.3. The van der Waals surface area contributed by atoms with Crippen LogP contribution in [0.4, 0.5) is 4.39 Å². The fraction of sp³-hybridized carbons (Fsp3) is 0.400. The minimum absolute atomic E-state index is 0.0888. The molecular formula is C60H73FN6O9Si2. The van der Waals surface area contributed by atoms with Crippen molar-refractivity contribution in [3.05, 3.63) is 154 Å². The Hall–Kier alpha value is -6.52. The van der Waals surface area contributed by atoms with Crippen LogP contribution in [-0.2, 0) is 57.8 Å². The van der Waals surface area contributed by atoms with Crippen LogP contribution in [-0.4, -0.2) is 89.1 Å². The third-order valence-corrected chi connectivity index (χ3v) is 17.7. The number of para-hydroxylation sites is 2. The van der Waals surface area contributed by atoms with Crippen molar-refractivity contribution in [2.24, 2.45) is 14.1 Å². The molecule has 10 rings (SSSR count). The highest BCUT2D eigenvalue weighted by Gasteiger charge is 2.41. The van der Waals surface area contributed by atoms with E-state index < -0.39 is 27.4 Å². The molecule has 0 aliphatic carbocycles. The Labute approximate surface area is 457 Å². The molecule has 0 bridgehead atoms. The van der Waals surface area contributed by atoms with Crippen molar-refractivity contribution in [3.63, 3.8) is 0 Å². The van der Waals surface area contributed by atoms with Gasteiger partial charge >= 0.3 is 0 Å². The Morgan fingerprint density at radius 3 is 1.40 bits per heavy atom. The predicted molar refractivity (Wildman–Crippen MR) is 309 cm³/mol. The normalized spacial score (nSPS) is 15.5. The van der Waals surface area contributed by atoms with Crippen LogP contribution in [0.3, 0.4) is 0 Å². The van der Waals surface area contributed by atoms with E-state index in [4.69, 9.17) is 38.4 Å². The smallest absolute Gasteiger partial charge is 0.250 e. The lowest BCUT2D eigenvalue weighted by molar-refractivity contribution is -0.0777. The van der Waals surface area contributed by atoms with Crippen molar-refractivity contribution >= 4 is 38.2 Å². The van der Waals surface area contributed by atoms with Crippen molar-refractivity contribution in [2.75, 3.05) is 39.6 Å². The molecule has 8 aromatic rings. The number of hydrogen-bond donors (Lipinski definition) is 1. The van der Waals surface area contributed by atoms with Crippen LogP contribution in [0.1, 0.15) is 37.3 Å². The van der Waals surface area contributed by atoms with Gasteiger partial charge in [-0.25, -0.2) is 14.4 Å². The third kappa shape index (κ3) is 13.1. The Kier molecular flexibility index (Phi) is 17.2. The van der Waals surface area contributed by atoms with Gasteiger partial charge in [0.15, 0.2) is 17.2 Å². The van der Waals surface area contributed by atoms with Crippen molar-refractivity contribution in [1.82, 2.24) is 28.2 Å². The summed E-state index contributed by atoms with van der Waals surface area (Å²) in [4.78, 5) is 34.2. The van der Waals surface area contributed by atoms with E-state index >= 15 is 4.39 Å². The molecule has 0 radical (unpaired) electrons. The van der Waals surface area contributed by atoms with Crippen LogP contribution >= 0.6 is 0 Å². The summed E-state index contributed by atoms with van der Waals surface area (Å²) in [5, 5.41) is 11.8. The summed E-state index contributed by atoms with van der Waals surface area (Å²) in [5.74, 6) is 3.28. The molecule has 0 atom stereocenters. The van der Waals surface area contributed by atoms with E-state index in [1.807, 2.05) is 94.1 Å². The van der Waals surface area contributed by atoms with Gasteiger partial charge in [-0.2, -0.15) is 0 Å². The molecule has 4 aromatic heterocycles. The molecule has 0 unspecified atom stereocenters. The van der Waals surface area contributed by atoms with Gasteiger partial charge in [-0.1, -0.05) is 75.7 Å². The molecule has 0 spiro atoms. The molecule has 18 heteroatoms. The molecule has 0 saturated carbocycles. The number of aliphatic hydroxyl groups is 1. The fourth-order valence-electron chi connectivity index (χ4n) is 9.59. The Morgan fingerprint density at radius 2 is 0.974 bits per heavy atom. The van der Waals surface area contributed by atoms with E-state index in [9.17, 15) is 14.7 Å². The number of imidazole rings is 2. The van der Waals surface area contributed by atoms with Gasteiger partial charge in [0.2, 0.25) is 11.1 Å². The summed E-state index contributed by atoms with van der Waals surface area (Å²) in [6.45, 7) is 17.3. The van der Waals surface area contributed by atoms with Gasteiger partial charge in [0, 0.05) is 129 Å². The number of pyridine rings is 2. The Balaban J connectivity index is 0.000000190. The van der Waals surface area contributed by atoms with Gasteiger partial charge < -0.3 is 51.8 Å². The minimum atomic E-state index is -1.64. The number of hydrogen-bond acceptors (Lipinski definition) is 11. The van der Waals surface area contributed by atoms with Crippen LogP contribution in [0, 0.1) is 0 Å². The summed E-state index contributed by atoms with van der Waals surface area (Å²) in [6.07, 6.45) is 4.93. The summed E-state index contributed by atoms with van der Waals surface area (Å²) in [7, 11) is 0.899. The zero-order valence-electron chi connectivity index (χ0n) is 46.2. The average Bonchev–Trinajstić information content (AvgIpc) is 4.03. The van der Waals surface area contributed by atoms with E-state index in [0.717, 1.165) is 45.4 Å². The molecule has 412 valence electrons. The lowest BCUT2D eigenvalue weighted by atomic mass is 9.93. The average molecular weight is 1100 g/mol. The van der Waals surface area contributed by atoms with Crippen LogP contribution in [0.2, 0.25) is 51.4 Å². The Bertz CT molecular complexity index is 3240. The van der Waals surface area contributed by atoms with E-state index in [1.165, 1.54) is 10.6 Å². The summed E-state index contributed by atoms with van der Waals surface area (Å²) < 4.78 is 59.7. The van der Waals surface area contributed by atoms with Crippen LogP contribution in [0.15, 0.2) is 131 Å². The number of halogens is 1. The summed E-state index contributed by atoms with van der Waals surface area (Å²) in [6, 6.07) is 35.6. The van der Waals surface area contributed by atoms with Crippen LogP contribution < -0.4 is 20.6 Å².